The number of hydrogen-bond donors (Lipinski definition) is 3. The van der Waals surface area contributed by atoms with Gasteiger partial charge in [0.15, 0.2) is 0 Å². The smallest absolute Gasteiger partial charge is 0.316 e. The number of halogens is 1. The van der Waals surface area contributed by atoms with Crippen molar-refractivity contribution < 1.29 is 13.2 Å². The van der Waals surface area contributed by atoms with E-state index in [1.165, 1.54) is 36.5 Å². The van der Waals surface area contributed by atoms with Crippen molar-refractivity contribution in [2.24, 2.45) is 5.73 Å². The Morgan fingerprint density at radius 1 is 1.14 bits per heavy atom. The van der Waals surface area contributed by atoms with Crippen LogP contribution in [0.5, 0.6) is 0 Å². The van der Waals surface area contributed by atoms with Crippen molar-refractivity contribution in [3.05, 3.63) is 47.7 Å². The highest BCUT2D eigenvalue weighted by molar-refractivity contribution is 7.92. The van der Waals surface area contributed by atoms with Gasteiger partial charge in [-0.3, -0.25) is 9.71 Å². The molecule has 0 aliphatic carbocycles. The number of benzene rings is 1. The monoisotopic (exact) mass is 326 g/mol. The second-order valence-electron chi connectivity index (χ2n) is 3.98. The molecule has 1 aromatic carbocycles. The Hall–Kier alpha value is -2.32. The molecule has 0 bridgehead atoms. The molecule has 1 aromatic heterocycles. The molecule has 7 nitrogen and oxygen atoms in total. The lowest BCUT2D eigenvalue weighted by atomic mass is 10.3. The third kappa shape index (κ3) is 3.83. The Bertz CT molecular complexity index is 762. The first-order valence-electron chi connectivity index (χ1n) is 5.67. The van der Waals surface area contributed by atoms with Gasteiger partial charge in [0.25, 0.3) is 10.0 Å². The number of hydrogen-bond acceptors (Lipinski definition) is 4. The van der Waals surface area contributed by atoms with Gasteiger partial charge in [0.05, 0.1) is 5.02 Å². The van der Waals surface area contributed by atoms with Gasteiger partial charge in [-0.1, -0.05) is 11.6 Å². The van der Waals surface area contributed by atoms with Gasteiger partial charge in [0.2, 0.25) is 0 Å². The standard InChI is InChI=1S/C12H11ClN4O3S/c13-10-5-6-15-7-11(10)21(19,20)17-9-3-1-8(2-4-9)16-12(14)18/h1-7,17H,(H3,14,16,18). The number of urea groups is 1. The van der Waals surface area contributed by atoms with E-state index >= 15 is 0 Å². The van der Waals surface area contributed by atoms with Crippen LogP contribution in [0.25, 0.3) is 0 Å². The van der Waals surface area contributed by atoms with Gasteiger partial charge in [-0.05, 0) is 30.3 Å². The highest BCUT2D eigenvalue weighted by Gasteiger charge is 2.18. The molecule has 21 heavy (non-hydrogen) atoms. The lowest BCUT2D eigenvalue weighted by Crippen LogP contribution is -2.19. The van der Waals surface area contributed by atoms with Crippen LogP contribution in [-0.2, 0) is 10.0 Å². The minimum absolute atomic E-state index is 0.0736. The van der Waals surface area contributed by atoms with Crippen LogP contribution in [-0.4, -0.2) is 19.4 Å². The van der Waals surface area contributed by atoms with Crippen LogP contribution < -0.4 is 15.8 Å². The fourth-order valence-corrected chi connectivity index (χ4v) is 3.03. The minimum Gasteiger partial charge on any atom is -0.351 e. The highest BCUT2D eigenvalue weighted by atomic mass is 35.5. The molecule has 2 aromatic rings. The molecule has 0 spiro atoms. The second kappa shape index (κ2) is 5.98. The van der Waals surface area contributed by atoms with Crippen molar-refractivity contribution in [2.75, 3.05) is 10.0 Å². The maximum atomic E-state index is 12.2. The fraction of sp³-hybridized carbons (Fsp3) is 0. The van der Waals surface area contributed by atoms with E-state index in [1.54, 1.807) is 0 Å². The maximum absolute atomic E-state index is 12.2. The zero-order valence-corrected chi connectivity index (χ0v) is 12.1. The number of sulfonamides is 1. The molecule has 0 unspecified atom stereocenters. The first kappa shape index (κ1) is 15.1. The van der Waals surface area contributed by atoms with E-state index < -0.39 is 16.1 Å². The topological polar surface area (TPSA) is 114 Å². The lowest BCUT2D eigenvalue weighted by molar-refractivity contribution is 0.259. The predicted molar refractivity (Wildman–Crippen MR) is 79.7 cm³/mol. The Balaban J connectivity index is 2.21. The molecule has 2 amide bonds. The summed E-state index contributed by atoms with van der Waals surface area (Å²) in [6, 6.07) is 6.65. The zero-order valence-electron chi connectivity index (χ0n) is 10.6. The number of amides is 2. The van der Waals surface area contributed by atoms with Gasteiger partial charge in [-0.25, -0.2) is 13.2 Å². The average molecular weight is 327 g/mol. The van der Waals surface area contributed by atoms with Gasteiger partial charge < -0.3 is 11.1 Å². The number of rotatable bonds is 4. The number of carbonyl (C=O) groups is 1. The number of nitrogens with zero attached hydrogens (tertiary/aromatic N) is 1. The summed E-state index contributed by atoms with van der Waals surface area (Å²) in [5, 5.41) is 2.44. The Morgan fingerprint density at radius 3 is 2.33 bits per heavy atom. The van der Waals surface area contributed by atoms with Crippen molar-refractivity contribution in [3.63, 3.8) is 0 Å². The molecule has 0 radical (unpaired) electrons. The normalized spacial score (nSPS) is 10.9. The number of primary amides is 1. The zero-order chi connectivity index (χ0) is 15.5. The molecular weight excluding hydrogens is 316 g/mol. The van der Waals surface area contributed by atoms with Crippen LogP contribution in [0, 0.1) is 0 Å². The summed E-state index contributed by atoms with van der Waals surface area (Å²) in [6.07, 6.45) is 2.55. The molecule has 2 rings (SSSR count). The first-order chi connectivity index (χ1) is 9.88. The van der Waals surface area contributed by atoms with Crippen LogP contribution in [0.4, 0.5) is 16.2 Å². The largest absolute Gasteiger partial charge is 0.351 e. The van der Waals surface area contributed by atoms with E-state index in [0.717, 1.165) is 6.20 Å². The summed E-state index contributed by atoms with van der Waals surface area (Å²) < 4.78 is 26.7. The Morgan fingerprint density at radius 2 is 1.76 bits per heavy atom. The number of carbonyl (C=O) groups excluding carboxylic acids is 1. The molecule has 9 heteroatoms. The molecule has 0 saturated heterocycles. The SMILES string of the molecule is NC(=O)Nc1ccc(NS(=O)(=O)c2cnccc2Cl)cc1. The van der Waals surface area contributed by atoms with Crippen LogP contribution in [0.2, 0.25) is 5.02 Å². The Labute approximate surface area is 126 Å². The van der Waals surface area contributed by atoms with Crippen molar-refractivity contribution in [2.45, 2.75) is 4.90 Å². The predicted octanol–water partition coefficient (Wildman–Crippen LogP) is 2.03. The average Bonchev–Trinajstić information content (AvgIpc) is 2.40. The van der Waals surface area contributed by atoms with E-state index in [2.05, 4.69) is 15.0 Å². The van der Waals surface area contributed by atoms with Crippen molar-refractivity contribution in [3.8, 4) is 0 Å². The second-order valence-corrected chi connectivity index (χ2v) is 6.04. The molecule has 1 heterocycles. The van der Waals surface area contributed by atoms with Gasteiger partial charge >= 0.3 is 6.03 Å². The van der Waals surface area contributed by atoms with E-state index in [0.29, 0.717) is 11.4 Å². The summed E-state index contributed by atoms with van der Waals surface area (Å²) in [6.45, 7) is 0. The number of anilines is 2. The molecular formula is C12H11ClN4O3S. The first-order valence-corrected chi connectivity index (χ1v) is 7.53. The number of aromatic nitrogens is 1. The summed E-state index contributed by atoms with van der Waals surface area (Å²) in [4.78, 5) is 14.3. The van der Waals surface area contributed by atoms with Crippen LogP contribution in [0.3, 0.4) is 0 Å². The van der Waals surface area contributed by atoms with Crippen LogP contribution >= 0.6 is 11.6 Å². The molecule has 0 aliphatic heterocycles. The molecule has 0 saturated carbocycles. The van der Waals surface area contributed by atoms with E-state index in [9.17, 15) is 13.2 Å². The number of nitrogens with one attached hydrogen (secondary N) is 2. The summed E-state index contributed by atoms with van der Waals surface area (Å²) in [5.41, 5.74) is 5.73. The van der Waals surface area contributed by atoms with Gasteiger partial charge in [0.1, 0.15) is 4.90 Å². The molecule has 0 fully saturated rings. The molecule has 0 aliphatic rings. The van der Waals surface area contributed by atoms with Crippen LogP contribution in [0.15, 0.2) is 47.6 Å². The lowest BCUT2D eigenvalue weighted by Gasteiger charge is -2.09. The van der Waals surface area contributed by atoms with Crippen molar-refractivity contribution >= 4 is 39.0 Å². The summed E-state index contributed by atoms with van der Waals surface area (Å²) in [7, 11) is -3.84. The maximum Gasteiger partial charge on any atom is 0.316 e. The molecule has 110 valence electrons. The summed E-state index contributed by atoms with van der Waals surface area (Å²) >= 11 is 5.84. The van der Waals surface area contributed by atoms with Crippen LogP contribution in [0.1, 0.15) is 0 Å². The fourth-order valence-electron chi connectivity index (χ4n) is 1.53. The third-order valence-corrected chi connectivity index (χ3v) is 4.28. The molecule has 0 atom stereocenters. The Kier molecular flexibility index (Phi) is 4.29. The van der Waals surface area contributed by atoms with E-state index in [1.807, 2.05) is 0 Å². The number of nitrogens with two attached hydrogens (primary N) is 1. The van der Waals surface area contributed by atoms with Gasteiger partial charge in [-0.15, -0.1) is 0 Å². The third-order valence-electron chi connectivity index (χ3n) is 2.43. The van der Waals surface area contributed by atoms with Crippen molar-refractivity contribution in [1.82, 2.24) is 4.98 Å². The highest BCUT2D eigenvalue weighted by Crippen LogP contribution is 2.23. The van der Waals surface area contributed by atoms with Gasteiger partial charge in [-0.2, -0.15) is 0 Å². The minimum atomic E-state index is -3.84. The van der Waals surface area contributed by atoms with E-state index in [4.69, 9.17) is 17.3 Å². The van der Waals surface area contributed by atoms with Gasteiger partial charge in [0, 0.05) is 23.8 Å². The quantitative estimate of drug-likeness (QED) is 0.797. The van der Waals surface area contributed by atoms with Crippen molar-refractivity contribution in [1.29, 1.82) is 0 Å². The summed E-state index contributed by atoms with van der Waals surface area (Å²) in [5.74, 6) is 0. The van der Waals surface area contributed by atoms with E-state index in [-0.39, 0.29) is 9.92 Å². The number of pyridine rings is 1. The molecule has 4 N–H and O–H groups in total.